The van der Waals surface area contributed by atoms with Gasteiger partial charge in [-0.05, 0) is 18.9 Å². The molecule has 2 fully saturated rings. The quantitative estimate of drug-likeness (QED) is 0.867. The lowest BCUT2D eigenvalue weighted by Crippen LogP contribution is -2.50. The van der Waals surface area contributed by atoms with E-state index in [0.717, 1.165) is 31.7 Å². The average molecular weight is 346 g/mol. The first kappa shape index (κ1) is 15.9. The molecule has 4 heterocycles. The van der Waals surface area contributed by atoms with Crippen molar-refractivity contribution in [1.29, 1.82) is 0 Å². The number of aromatic nitrogens is 4. The lowest BCUT2D eigenvalue weighted by atomic mass is 9.88. The van der Waals surface area contributed by atoms with Crippen LogP contribution in [0.1, 0.15) is 29.8 Å². The van der Waals surface area contributed by atoms with Gasteiger partial charge in [-0.1, -0.05) is 0 Å². The number of rotatable bonds is 3. The molecule has 4 rings (SSSR count). The predicted molar refractivity (Wildman–Crippen MR) is 86.4 cm³/mol. The average Bonchev–Trinajstić information content (AvgIpc) is 3.27. The molecular weight excluding hydrogens is 327 g/mol. The maximum absolute atomic E-state index is 12.9. The Balaban J connectivity index is 1.40. The Morgan fingerprint density at radius 3 is 3.04 bits per heavy atom. The lowest BCUT2D eigenvalue weighted by molar-refractivity contribution is -0.0448. The number of anilines is 1. The molecule has 2 aliphatic heterocycles. The first-order valence-corrected chi connectivity index (χ1v) is 8.30. The summed E-state index contributed by atoms with van der Waals surface area (Å²) in [6, 6.07) is 1.71. The normalized spacial score (nSPS) is 26.1. The Morgan fingerprint density at radius 1 is 1.44 bits per heavy atom. The summed E-state index contributed by atoms with van der Waals surface area (Å²) < 4.78 is 19.0. The number of hydrogen-bond donors (Lipinski definition) is 2. The van der Waals surface area contributed by atoms with E-state index >= 15 is 0 Å². The van der Waals surface area contributed by atoms with Gasteiger partial charge in [-0.3, -0.25) is 9.89 Å². The van der Waals surface area contributed by atoms with E-state index in [1.807, 2.05) is 4.90 Å². The van der Waals surface area contributed by atoms with Crippen LogP contribution in [0, 0.1) is 5.82 Å². The molecule has 0 bridgehead atoms. The van der Waals surface area contributed by atoms with E-state index in [9.17, 15) is 9.18 Å². The molecule has 2 N–H and O–H groups in total. The van der Waals surface area contributed by atoms with Gasteiger partial charge in [0.15, 0.2) is 5.82 Å². The second kappa shape index (κ2) is 6.40. The van der Waals surface area contributed by atoms with Gasteiger partial charge in [0, 0.05) is 19.2 Å². The minimum atomic E-state index is -0.468. The third-order valence-corrected chi connectivity index (χ3v) is 4.72. The van der Waals surface area contributed by atoms with Crippen LogP contribution in [0.15, 0.2) is 24.7 Å². The van der Waals surface area contributed by atoms with Crippen LogP contribution in [0.25, 0.3) is 0 Å². The van der Waals surface area contributed by atoms with Crippen molar-refractivity contribution in [2.45, 2.75) is 30.9 Å². The number of halogens is 1. The zero-order chi connectivity index (χ0) is 17.3. The van der Waals surface area contributed by atoms with Crippen molar-refractivity contribution in [3.63, 3.8) is 0 Å². The van der Waals surface area contributed by atoms with Crippen LogP contribution < -0.4 is 5.32 Å². The van der Waals surface area contributed by atoms with Gasteiger partial charge in [-0.15, -0.1) is 0 Å². The van der Waals surface area contributed by atoms with Gasteiger partial charge >= 0.3 is 0 Å². The zero-order valence-electron chi connectivity index (χ0n) is 13.6. The van der Waals surface area contributed by atoms with Crippen molar-refractivity contribution in [3.8, 4) is 0 Å². The molecule has 25 heavy (non-hydrogen) atoms. The van der Waals surface area contributed by atoms with Crippen molar-refractivity contribution in [3.05, 3.63) is 36.2 Å². The molecule has 8 nitrogen and oxygen atoms in total. The Hall–Kier alpha value is -2.55. The van der Waals surface area contributed by atoms with Crippen LogP contribution in [0.3, 0.4) is 0 Å². The van der Waals surface area contributed by atoms with Crippen LogP contribution in [0.4, 0.5) is 10.3 Å². The molecular formula is C16H19FN6O2. The third kappa shape index (κ3) is 3.32. The summed E-state index contributed by atoms with van der Waals surface area (Å²) in [5, 5.41) is 9.73. The Labute approximate surface area is 143 Å². The van der Waals surface area contributed by atoms with Crippen LogP contribution >= 0.6 is 0 Å². The van der Waals surface area contributed by atoms with E-state index in [1.54, 1.807) is 12.3 Å². The fourth-order valence-corrected chi connectivity index (χ4v) is 3.61. The smallest absolute Gasteiger partial charge is 0.271 e. The minimum Gasteiger partial charge on any atom is -0.371 e. The van der Waals surface area contributed by atoms with E-state index in [-0.39, 0.29) is 17.6 Å². The molecule has 2 saturated heterocycles. The first-order valence-electron chi connectivity index (χ1n) is 8.30. The second-order valence-corrected chi connectivity index (χ2v) is 6.56. The molecule has 0 aromatic carbocycles. The van der Waals surface area contributed by atoms with Crippen molar-refractivity contribution in [2.24, 2.45) is 0 Å². The second-order valence-electron chi connectivity index (χ2n) is 6.56. The van der Waals surface area contributed by atoms with E-state index < -0.39 is 5.82 Å². The number of piperidine rings is 1. The molecule has 1 spiro atoms. The third-order valence-electron chi connectivity index (χ3n) is 4.72. The molecule has 2 aromatic rings. The van der Waals surface area contributed by atoms with Gasteiger partial charge in [0.1, 0.15) is 5.69 Å². The first-order chi connectivity index (χ1) is 12.1. The van der Waals surface area contributed by atoms with Crippen molar-refractivity contribution < 1.29 is 13.9 Å². The van der Waals surface area contributed by atoms with Gasteiger partial charge in [0.2, 0.25) is 5.95 Å². The maximum Gasteiger partial charge on any atom is 0.271 e. The summed E-state index contributed by atoms with van der Waals surface area (Å²) in [5.74, 6) is -0.142. The summed E-state index contributed by atoms with van der Waals surface area (Å²) in [6.45, 7) is 1.77. The summed E-state index contributed by atoms with van der Waals surface area (Å²) in [6.07, 6.45) is 6.38. The largest absolute Gasteiger partial charge is 0.371 e. The van der Waals surface area contributed by atoms with Crippen LogP contribution in [0.5, 0.6) is 0 Å². The van der Waals surface area contributed by atoms with Gasteiger partial charge in [0.05, 0.1) is 37.2 Å². The van der Waals surface area contributed by atoms with E-state index in [1.165, 1.54) is 0 Å². The minimum absolute atomic E-state index is 0.0349. The number of nitrogens with zero attached hydrogens (tertiary/aromatic N) is 4. The zero-order valence-corrected chi connectivity index (χ0v) is 13.6. The molecule has 2 aliphatic rings. The number of ether oxygens (including phenoxy) is 1. The number of hydrogen-bond acceptors (Lipinski definition) is 6. The molecule has 0 radical (unpaired) electrons. The molecule has 0 unspecified atom stereocenters. The SMILES string of the molecule is O=C(c1ccn[nH]1)N1CCC[C@@]2(C[C@H](Nc3ncc(F)cn3)CO2)C1. The Kier molecular flexibility index (Phi) is 4.08. The standard InChI is InChI=1S/C16H19FN6O2/c17-11-7-18-15(19-8-11)21-12-6-16(25-9-12)3-1-5-23(10-16)14(24)13-2-4-20-22-13/h2,4,7-8,12H,1,3,5-6,9-10H2,(H,20,22)(H,18,19,21)/t12-,16+/m0/s1. The molecule has 9 heteroatoms. The number of amides is 1. The van der Waals surface area contributed by atoms with Crippen LogP contribution in [-0.2, 0) is 4.74 Å². The van der Waals surface area contributed by atoms with E-state index in [4.69, 9.17) is 4.74 Å². The van der Waals surface area contributed by atoms with Gasteiger partial charge in [-0.2, -0.15) is 5.10 Å². The van der Waals surface area contributed by atoms with Crippen LogP contribution in [-0.4, -0.2) is 62.3 Å². The lowest BCUT2D eigenvalue weighted by Gasteiger charge is -2.39. The molecule has 1 amide bonds. The van der Waals surface area contributed by atoms with Crippen molar-refractivity contribution in [2.75, 3.05) is 25.0 Å². The van der Waals surface area contributed by atoms with Crippen LogP contribution in [0.2, 0.25) is 0 Å². The molecule has 2 aromatic heterocycles. The molecule has 132 valence electrons. The summed E-state index contributed by atoms with van der Waals surface area (Å²) in [4.78, 5) is 22.2. The molecule has 0 saturated carbocycles. The molecule has 2 atom stereocenters. The highest BCUT2D eigenvalue weighted by Gasteiger charge is 2.44. The predicted octanol–water partition coefficient (Wildman–Crippen LogP) is 1.21. The summed E-state index contributed by atoms with van der Waals surface area (Å²) in [5.41, 5.74) is 0.135. The number of carbonyl (C=O) groups excluding carboxylic acids is 1. The van der Waals surface area contributed by atoms with Gasteiger partial charge in [-0.25, -0.2) is 14.4 Å². The summed E-state index contributed by atoms with van der Waals surface area (Å²) >= 11 is 0. The monoisotopic (exact) mass is 346 g/mol. The highest BCUT2D eigenvalue weighted by atomic mass is 19.1. The maximum atomic E-state index is 12.9. The topological polar surface area (TPSA) is 96.0 Å². The summed E-state index contributed by atoms with van der Waals surface area (Å²) in [7, 11) is 0. The van der Waals surface area contributed by atoms with Gasteiger partial charge in [0.25, 0.3) is 5.91 Å². The molecule has 0 aliphatic carbocycles. The highest BCUT2D eigenvalue weighted by Crippen LogP contribution is 2.35. The van der Waals surface area contributed by atoms with Gasteiger partial charge < -0.3 is 15.0 Å². The fourth-order valence-electron chi connectivity index (χ4n) is 3.61. The fraction of sp³-hybridized carbons (Fsp3) is 0.500. The highest BCUT2D eigenvalue weighted by molar-refractivity contribution is 5.92. The number of aromatic amines is 1. The number of carbonyl (C=O) groups is 1. The number of nitrogens with one attached hydrogen (secondary N) is 2. The van der Waals surface area contributed by atoms with E-state index in [2.05, 4.69) is 25.5 Å². The van der Waals surface area contributed by atoms with E-state index in [0.29, 0.717) is 31.3 Å². The Morgan fingerprint density at radius 2 is 2.28 bits per heavy atom. The number of likely N-dealkylation sites (tertiary alicyclic amines) is 1. The van der Waals surface area contributed by atoms with Crippen molar-refractivity contribution in [1.82, 2.24) is 25.1 Å². The Bertz CT molecular complexity index is 738. The number of H-pyrrole nitrogens is 1. The van der Waals surface area contributed by atoms with Crippen molar-refractivity contribution >= 4 is 11.9 Å².